The van der Waals surface area contributed by atoms with E-state index in [2.05, 4.69) is 60.3 Å². The Bertz CT molecular complexity index is 781. The van der Waals surface area contributed by atoms with Crippen LogP contribution in [0.25, 0.3) is 11.5 Å². The van der Waals surface area contributed by atoms with Gasteiger partial charge < -0.3 is 4.52 Å². The number of aromatic nitrogens is 4. The first-order chi connectivity index (χ1) is 10.8. The molecular weight excluding hydrogens is 344 g/mol. The van der Waals surface area contributed by atoms with E-state index in [0.717, 1.165) is 28.7 Å². The maximum absolute atomic E-state index is 5.43. The van der Waals surface area contributed by atoms with Gasteiger partial charge >= 0.3 is 0 Å². The van der Waals surface area contributed by atoms with Crippen LogP contribution in [-0.4, -0.2) is 20.1 Å². The second-order valence-corrected chi connectivity index (χ2v) is 6.41. The lowest BCUT2D eigenvalue weighted by atomic mass is 9.64. The Kier molecular flexibility index (Phi) is 3.26. The van der Waals surface area contributed by atoms with E-state index in [9.17, 15) is 0 Å². The normalized spacial score (nSPS) is 16.2. The summed E-state index contributed by atoms with van der Waals surface area (Å²) in [5.74, 6) is 1.22. The largest absolute Gasteiger partial charge is 0.334 e. The van der Waals surface area contributed by atoms with Gasteiger partial charge in [-0.2, -0.15) is 4.98 Å². The Morgan fingerprint density at radius 1 is 1.05 bits per heavy atom. The highest BCUT2D eigenvalue weighted by Crippen LogP contribution is 2.48. The van der Waals surface area contributed by atoms with Gasteiger partial charge in [-0.3, -0.25) is 0 Å². The average molecular weight is 357 g/mol. The Morgan fingerprint density at radius 2 is 1.77 bits per heavy atom. The van der Waals surface area contributed by atoms with Gasteiger partial charge in [-0.25, -0.2) is 9.97 Å². The standard InChI is InChI=1S/C16H13BrN4O/c17-13-4-2-12(3-5-13)16(6-1-7-16)15-20-14(22-21-15)11-8-18-10-19-9-11/h2-5,8-10H,1,6-7H2. The zero-order valence-electron chi connectivity index (χ0n) is 11.7. The van der Waals surface area contributed by atoms with Gasteiger partial charge in [0.05, 0.1) is 11.0 Å². The van der Waals surface area contributed by atoms with Crippen LogP contribution < -0.4 is 0 Å². The van der Waals surface area contributed by atoms with E-state index in [1.807, 2.05) is 0 Å². The molecule has 1 fully saturated rings. The van der Waals surface area contributed by atoms with Crippen LogP contribution in [0.4, 0.5) is 0 Å². The van der Waals surface area contributed by atoms with E-state index < -0.39 is 0 Å². The first-order valence-electron chi connectivity index (χ1n) is 7.14. The summed E-state index contributed by atoms with van der Waals surface area (Å²) in [7, 11) is 0. The molecule has 2 heterocycles. The van der Waals surface area contributed by atoms with Gasteiger partial charge in [-0.05, 0) is 30.5 Å². The van der Waals surface area contributed by atoms with Gasteiger partial charge in [-0.1, -0.05) is 39.6 Å². The lowest BCUT2D eigenvalue weighted by Crippen LogP contribution is -2.36. The summed E-state index contributed by atoms with van der Waals surface area (Å²) < 4.78 is 6.50. The number of benzene rings is 1. The van der Waals surface area contributed by atoms with Crippen LogP contribution in [0, 0.1) is 0 Å². The van der Waals surface area contributed by atoms with Crippen molar-refractivity contribution in [2.45, 2.75) is 24.7 Å². The van der Waals surface area contributed by atoms with Gasteiger partial charge in [0.15, 0.2) is 5.82 Å². The molecule has 1 aliphatic rings. The molecule has 22 heavy (non-hydrogen) atoms. The van der Waals surface area contributed by atoms with Gasteiger partial charge in [-0.15, -0.1) is 0 Å². The van der Waals surface area contributed by atoms with Crippen LogP contribution in [-0.2, 0) is 5.41 Å². The van der Waals surface area contributed by atoms with Crippen molar-refractivity contribution >= 4 is 15.9 Å². The molecule has 0 unspecified atom stereocenters. The molecule has 0 atom stereocenters. The van der Waals surface area contributed by atoms with Gasteiger partial charge in [0.2, 0.25) is 0 Å². The molecule has 0 bridgehead atoms. The molecule has 0 spiro atoms. The molecule has 0 aliphatic heterocycles. The number of nitrogens with zero attached hydrogens (tertiary/aromatic N) is 4. The summed E-state index contributed by atoms with van der Waals surface area (Å²) in [6, 6.07) is 8.37. The fraction of sp³-hybridized carbons (Fsp3) is 0.250. The Morgan fingerprint density at radius 3 is 2.41 bits per heavy atom. The summed E-state index contributed by atoms with van der Waals surface area (Å²) in [6.07, 6.45) is 8.09. The number of hydrogen-bond donors (Lipinski definition) is 0. The monoisotopic (exact) mass is 356 g/mol. The summed E-state index contributed by atoms with van der Waals surface area (Å²) in [5, 5.41) is 4.23. The average Bonchev–Trinajstić information content (AvgIpc) is 2.99. The predicted octanol–water partition coefficient (Wildman–Crippen LogP) is 3.76. The van der Waals surface area contributed by atoms with Crippen molar-refractivity contribution in [1.29, 1.82) is 0 Å². The Labute approximate surface area is 135 Å². The maximum atomic E-state index is 5.43. The summed E-state index contributed by atoms with van der Waals surface area (Å²) in [6.45, 7) is 0. The third-order valence-corrected chi connectivity index (χ3v) is 4.79. The Balaban J connectivity index is 1.74. The summed E-state index contributed by atoms with van der Waals surface area (Å²) >= 11 is 3.48. The molecule has 5 nitrogen and oxygen atoms in total. The molecule has 110 valence electrons. The number of rotatable bonds is 3. The minimum absolute atomic E-state index is 0.127. The zero-order valence-corrected chi connectivity index (χ0v) is 13.3. The molecule has 0 amide bonds. The minimum Gasteiger partial charge on any atom is -0.334 e. The first kappa shape index (κ1) is 13.6. The van der Waals surface area contributed by atoms with E-state index >= 15 is 0 Å². The SMILES string of the molecule is Brc1ccc(C2(c3noc(-c4cncnc4)n3)CCC2)cc1. The first-order valence-corrected chi connectivity index (χ1v) is 7.93. The van der Waals surface area contributed by atoms with Crippen LogP contribution in [0.2, 0.25) is 0 Å². The van der Waals surface area contributed by atoms with Crippen LogP contribution in [0.15, 0.2) is 52.0 Å². The molecule has 0 saturated heterocycles. The zero-order chi connectivity index (χ0) is 15.0. The fourth-order valence-corrected chi connectivity index (χ4v) is 3.15. The minimum atomic E-state index is -0.127. The van der Waals surface area contributed by atoms with Crippen molar-refractivity contribution in [2.24, 2.45) is 0 Å². The van der Waals surface area contributed by atoms with Crippen molar-refractivity contribution in [3.8, 4) is 11.5 Å². The molecule has 2 aromatic heterocycles. The Hall–Kier alpha value is -2.08. The van der Waals surface area contributed by atoms with Crippen molar-refractivity contribution in [3.05, 3.63) is 58.8 Å². The highest BCUT2D eigenvalue weighted by atomic mass is 79.9. The second-order valence-electron chi connectivity index (χ2n) is 5.49. The molecule has 4 rings (SSSR count). The van der Waals surface area contributed by atoms with Gasteiger partial charge in [0.1, 0.15) is 6.33 Å². The van der Waals surface area contributed by atoms with Crippen molar-refractivity contribution in [1.82, 2.24) is 20.1 Å². The molecule has 1 saturated carbocycles. The number of halogens is 1. The van der Waals surface area contributed by atoms with Crippen LogP contribution >= 0.6 is 15.9 Å². The van der Waals surface area contributed by atoms with Crippen molar-refractivity contribution < 1.29 is 4.52 Å². The van der Waals surface area contributed by atoms with Crippen LogP contribution in [0.1, 0.15) is 30.7 Å². The van der Waals surface area contributed by atoms with Crippen molar-refractivity contribution in [2.75, 3.05) is 0 Å². The third-order valence-electron chi connectivity index (χ3n) is 4.27. The lowest BCUT2D eigenvalue weighted by molar-refractivity contribution is 0.273. The molecule has 3 aromatic rings. The van der Waals surface area contributed by atoms with E-state index in [1.54, 1.807) is 12.4 Å². The highest BCUT2D eigenvalue weighted by Gasteiger charge is 2.44. The van der Waals surface area contributed by atoms with Gasteiger partial charge in [0, 0.05) is 16.9 Å². The van der Waals surface area contributed by atoms with Crippen LogP contribution in [0.3, 0.4) is 0 Å². The van der Waals surface area contributed by atoms with Crippen LogP contribution in [0.5, 0.6) is 0 Å². The molecule has 1 aromatic carbocycles. The maximum Gasteiger partial charge on any atom is 0.261 e. The molecule has 1 aliphatic carbocycles. The fourth-order valence-electron chi connectivity index (χ4n) is 2.89. The molecular formula is C16H13BrN4O. The highest BCUT2D eigenvalue weighted by molar-refractivity contribution is 9.10. The van der Waals surface area contributed by atoms with E-state index in [1.165, 1.54) is 18.3 Å². The van der Waals surface area contributed by atoms with E-state index in [-0.39, 0.29) is 5.41 Å². The summed E-state index contributed by atoms with van der Waals surface area (Å²) in [4.78, 5) is 12.6. The quantitative estimate of drug-likeness (QED) is 0.714. The molecule has 6 heteroatoms. The lowest BCUT2D eigenvalue weighted by Gasteiger charge is -2.39. The number of hydrogen-bond acceptors (Lipinski definition) is 5. The topological polar surface area (TPSA) is 64.7 Å². The van der Waals surface area contributed by atoms with Crippen molar-refractivity contribution in [3.63, 3.8) is 0 Å². The predicted molar refractivity (Wildman–Crippen MR) is 84.1 cm³/mol. The smallest absolute Gasteiger partial charge is 0.261 e. The second kappa shape index (κ2) is 5.28. The third kappa shape index (κ3) is 2.14. The van der Waals surface area contributed by atoms with E-state index in [4.69, 9.17) is 4.52 Å². The van der Waals surface area contributed by atoms with Gasteiger partial charge in [0.25, 0.3) is 5.89 Å². The molecule has 0 N–H and O–H groups in total. The summed E-state index contributed by atoms with van der Waals surface area (Å²) in [5.41, 5.74) is 1.85. The van der Waals surface area contributed by atoms with E-state index in [0.29, 0.717) is 5.89 Å². The molecule has 0 radical (unpaired) electrons.